The maximum absolute atomic E-state index is 12.8. The van der Waals surface area contributed by atoms with E-state index in [2.05, 4.69) is 16.3 Å². The van der Waals surface area contributed by atoms with Gasteiger partial charge in [0.05, 0.1) is 0 Å². The number of benzene rings is 1. The Kier molecular flexibility index (Phi) is 2.95. The fraction of sp³-hybridized carbons (Fsp3) is 0.286. The van der Waals surface area contributed by atoms with Crippen molar-refractivity contribution in [3.8, 4) is 0 Å². The summed E-state index contributed by atoms with van der Waals surface area (Å²) in [6, 6.07) is 9.04. The molecule has 17 heavy (non-hydrogen) atoms. The summed E-state index contributed by atoms with van der Waals surface area (Å²) in [4.78, 5) is 3.95. The lowest BCUT2D eigenvalue weighted by Gasteiger charge is -2.26. The third-order valence-corrected chi connectivity index (χ3v) is 4.23. The summed E-state index contributed by atoms with van der Waals surface area (Å²) in [5.41, 5.74) is 2.65. The molecule has 0 unspecified atom stereocenters. The Balaban J connectivity index is 1.69. The molecular weight excluding hydrogens is 233 g/mol. The average molecular weight is 247 g/mol. The Morgan fingerprint density at radius 1 is 1.18 bits per heavy atom. The SMILES string of the molecule is Fc1ccc(CN2CCc3sccc3C2)cc1. The average Bonchev–Trinajstić information content (AvgIpc) is 2.79. The second-order valence-electron chi connectivity index (χ2n) is 4.46. The predicted molar refractivity (Wildman–Crippen MR) is 68.5 cm³/mol. The molecule has 0 fully saturated rings. The molecule has 1 aromatic heterocycles. The van der Waals surface area contributed by atoms with Gasteiger partial charge in [-0.1, -0.05) is 12.1 Å². The van der Waals surface area contributed by atoms with Crippen LogP contribution in [-0.2, 0) is 19.5 Å². The molecule has 1 aliphatic heterocycles. The molecule has 1 aliphatic rings. The Morgan fingerprint density at radius 2 is 2.00 bits per heavy atom. The third-order valence-electron chi connectivity index (χ3n) is 3.21. The second kappa shape index (κ2) is 4.59. The summed E-state index contributed by atoms with van der Waals surface area (Å²) in [6.45, 7) is 3.04. The lowest BCUT2D eigenvalue weighted by molar-refractivity contribution is 0.247. The van der Waals surface area contributed by atoms with E-state index in [0.717, 1.165) is 26.1 Å². The smallest absolute Gasteiger partial charge is 0.123 e. The van der Waals surface area contributed by atoms with Crippen LogP contribution in [0, 0.1) is 5.82 Å². The molecule has 0 atom stereocenters. The highest BCUT2D eigenvalue weighted by molar-refractivity contribution is 7.10. The van der Waals surface area contributed by atoms with Gasteiger partial charge in [-0.2, -0.15) is 0 Å². The van der Waals surface area contributed by atoms with Crippen LogP contribution in [0.4, 0.5) is 4.39 Å². The summed E-state index contributed by atoms with van der Waals surface area (Å²) in [6.07, 6.45) is 1.15. The molecule has 1 aromatic carbocycles. The maximum Gasteiger partial charge on any atom is 0.123 e. The van der Waals surface area contributed by atoms with Crippen LogP contribution in [0.15, 0.2) is 35.7 Å². The van der Waals surface area contributed by atoms with E-state index in [1.165, 1.54) is 28.1 Å². The molecule has 2 aromatic rings. The lowest BCUT2D eigenvalue weighted by atomic mass is 10.1. The molecule has 0 bridgehead atoms. The first-order valence-corrected chi connectivity index (χ1v) is 6.71. The van der Waals surface area contributed by atoms with Crippen LogP contribution in [0.1, 0.15) is 16.0 Å². The van der Waals surface area contributed by atoms with E-state index in [1.807, 2.05) is 23.5 Å². The number of hydrogen-bond donors (Lipinski definition) is 0. The summed E-state index contributed by atoms with van der Waals surface area (Å²) >= 11 is 1.86. The molecule has 0 spiro atoms. The van der Waals surface area contributed by atoms with E-state index in [9.17, 15) is 4.39 Å². The highest BCUT2D eigenvalue weighted by atomic mass is 32.1. The fourth-order valence-electron chi connectivity index (χ4n) is 2.29. The minimum Gasteiger partial charge on any atom is -0.294 e. The van der Waals surface area contributed by atoms with Crippen LogP contribution in [0.3, 0.4) is 0 Å². The topological polar surface area (TPSA) is 3.24 Å². The normalized spacial score (nSPS) is 15.8. The van der Waals surface area contributed by atoms with Gasteiger partial charge in [0.1, 0.15) is 5.82 Å². The van der Waals surface area contributed by atoms with Crippen molar-refractivity contribution in [2.75, 3.05) is 6.54 Å². The highest BCUT2D eigenvalue weighted by Gasteiger charge is 2.16. The minimum absolute atomic E-state index is 0.160. The van der Waals surface area contributed by atoms with Crippen molar-refractivity contribution in [3.05, 3.63) is 57.5 Å². The van der Waals surface area contributed by atoms with Gasteiger partial charge >= 0.3 is 0 Å². The number of nitrogens with zero attached hydrogens (tertiary/aromatic N) is 1. The van der Waals surface area contributed by atoms with Gasteiger partial charge < -0.3 is 0 Å². The molecule has 0 saturated heterocycles. The molecule has 0 aliphatic carbocycles. The Labute approximate surface area is 105 Å². The van der Waals surface area contributed by atoms with E-state index >= 15 is 0 Å². The van der Waals surface area contributed by atoms with Gasteiger partial charge in [0, 0.05) is 24.5 Å². The van der Waals surface area contributed by atoms with Crippen LogP contribution in [-0.4, -0.2) is 11.4 Å². The molecule has 0 radical (unpaired) electrons. The van der Waals surface area contributed by atoms with E-state index in [-0.39, 0.29) is 5.82 Å². The summed E-state index contributed by atoms with van der Waals surface area (Å²) in [5.74, 6) is -0.160. The quantitative estimate of drug-likeness (QED) is 0.785. The molecule has 2 heterocycles. The standard InChI is InChI=1S/C14H14FNS/c15-13-3-1-11(2-4-13)9-16-7-5-14-12(10-16)6-8-17-14/h1-4,6,8H,5,7,9-10H2. The van der Waals surface area contributed by atoms with Crippen LogP contribution in [0.2, 0.25) is 0 Å². The monoisotopic (exact) mass is 247 g/mol. The van der Waals surface area contributed by atoms with E-state index in [0.29, 0.717) is 0 Å². The Bertz CT molecular complexity index is 503. The zero-order valence-corrected chi connectivity index (χ0v) is 10.3. The molecule has 88 valence electrons. The third kappa shape index (κ3) is 2.40. The molecule has 3 heteroatoms. The number of thiophene rings is 1. The second-order valence-corrected chi connectivity index (χ2v) is 5.46. The number of hydrogen-bond acceptors (Lipinski definition) is 2. The van der Waals surface area contributed by atoms with Crippen LogP contribution in [0.25, 0.3) is 0 Å². The summed E-state index contributed by atoms with van der Waals surface area (Å²) < 4.78 is 12.8. The van der Waals surface area contributed by atoms with Crippen molar-refractivity contribution in [1.29, 1.82) is 0 Å². The van der Waals surface area contributed by atoms with Gasteiger partial charge in [-0.3, -0.25) is 4.90 Å². The molecular formula is C14H14FNS. The van der Waals surface area contributed by atoms with Crippen molar-refractivity contribution in [2.24, 2.45) is 0 Å². The first-order valence-electron chi connectivity index (χ1n) is 5.83. The number of rotatable bonds is 2. The van der Waals surface area contributed by atoms with Crippen molar-refractivity contribution >= 4 is 11.3 Å². The minimum atomic E-state index is -0.160. The van der Waals surface area contributed by atoms with Gasteiger partial charge in [-0.15, -0.1) is 11.3 Å². The van der Waals surface area contributed by atoms with Crippen LogP contribution < -0.4 is 0 Å². The first kappa shape index (κ1) is 10.9. The Hall–Kier alpha value is -1.19. The van der Waals surface area contributed by atoms with Gasteiger partial charge in [-0.05, 0) is 41.1 Å². The molecule has 3 rings (SSSR count). The molecule has 0 N–H and O–H groups in total. The molecule has 1 nitrogen and oxygen atoms in total. The highest BCUT2D eigenvalue weighted by Crippen LogP contribution is 2.24. The summed E-state index contributed by atoms with van der Waals surface area (Å²) in [5, 5.41) is 2.17. The predicted octanol–water partition coefficient (Wildman–Crippen LogP) is 3.45. The van der Waals surface area contributed by atoms with Gasteiger partial charge in [0.15, 0.2) is 0 Å². The zero-order chi connectivity index (χ0) is 11.7. The van der Waals surface area contributed by atoms with Crippen LogP contribution in [0.5, 0.6) is 0 Å². The zero-order valence-electron chi connectivity index (χ0n) is 9.53. The van der Waals surface area contributed by atoms with E-state index in [1.54, 1.807) is 0 Å². The largest absolute Gasteiger partial charge is 0.294 e. The van der Waals surface area contributed by atoms with Gasteiger partial charge in [0.25, 0.3) is 0 Å². The number of fused-ring (bicyclic) bond motifs is 1. The van der Waals surface area contributed by atoms with E-state index in [4.69, 9.17) is 0 Å². The van der Waals surface area contributed by atoms with Gasteiger partial charge in [-0.25, -0.2) is 4.39 Å². The van der Waals surface area contributed by atoms with Crippen molar-refractivity contribution < 1.29 is 4.39 Å². The number of halogens is 1. The first-order chi connectivity index (χ1) is 8.31. The summed E-state index contributed by atoms with van der Waals surface area (Å²) in [7, 11) is 0. The van der Waals surface area contributed by atoms with Gasteiger partial charge in [0.2, 0.25) is 0 Å². The van der Waals surface area contributed by atoms with Crippen molar-refractivity contribution in [3.63, 3.8) is 0 Å². The van der Waals surface area contributed by atoms with Crippen LogP contribution >= 0.6 is 11.3 Å². The maximum atomic E-state index is 12.8. The molecule has 0 saturated carbocycles. The Morgan fingerprint density at radius 3 is 2.82 bits per heavy atom. The van der Waals surface area contributed by atoms with E-state index < -0.39 is 0 Å². The van der Waals surface area contributed by atoms with Crippen molar-refractivity contribution in [2.45, 2.75) is 19.5 Å². The molecule has 0 amide bonds. The van der Waals surface area contributed by atoms with Crippen molar-refractivity contribution in [1.82, 2.24) is 4.90 Å². The lowest BCUT2D eigenvalue weighted by Crippen LogP contribution is -2.29. The fourth-order valence-corrected chi connectivity index (χ4v) is 3.18.